The second-order valence-corrected chi connectivity index (χ2v) is 21.5. The Labute approximate surface area is 481 Å². The molecule has 1 saturated heterocycles. The molecule has 0 aliphatic carbocycles. The van der Waals surface area contributed by atoms with Gasteiger partial charge in [0.25, 0.3) is 0 Å². The molecule has 0 aromatic heterocycles. The van der Waals surface area contributed by atoms with E-state index in [0.29, 0.717) is 12.8 Å². The van der Waals surface area contributed by atoms with Gasteiger partial charge in [0.15, 0.2) is 12.4 Å². The van der Waals surface area contributed by atoms with Gasteiger partial charge >= 0.3 is 5.97 Å². The SMILES string of the molecule is CC/C=C/C=C/C=C/C=C\CCCCCCCC(=O)OC1C(OCC(NC(=O)C(O)CCCCCCCC/C=C\C/C=C\C/C=C\C/C=C\CCCCC)C(O)/C=C/CCCCCCCCCCCCC)OC(CO)C(O)C1O. The molecule has 0 aromatic carbocycles. The number of carbonyl (C=O) groups excluding carboxylic acids is 2. The van der Waals surface area contributed by atoms with Crippen molar-refractivity contribution in [3.8, 4) is 0 Å². The third-order valence-electron chi connectivity index (χ3n) is 14.3. The van der Waals surface area contributed by atoms with Crippen LogP contribution in [-0.4, -0.2) is 99.6 Å². The number of esters is 1. The van der Waals surface area contributed by atoms with E-state index in [9.17, 15) is 35.1 Å². The number of ether oxygens (including phenoxy) is 3. The molecule has 6 N–H and O–H groups in total. The zero-order chi connectivity index (χ0) is 57.5. The highest BCUT2D eigenvalue weighted by Gasteiger charge is 2.47. The van der Waals surface area contributed by atoms with Gasteiger partial charge in [-0.05, 0) is 89.9 Å². The monoisotopic (exact) mass is 1110 g/mol. The van der Waals surface area contributed by atoms with Crippen LogP contribution in [0.1, 0.15) is 245 Å². The third kappa shape index (κ3) is 42.8. The van der Waals surface area contributed by atoms with Crippen LogP contribution in [0.5, 0.6) is 0 Å². The Balaban J connectivity index is 2.70. The van der Waals surface area contributed by atoms with Crippen LogP contribution in [0.15, 0.2) is 109 Å². The van der Waals surface area contributed by atoms with Gasteiger partial charge in [0.2, 0.25) is 5.91 Å². The fourth-order valence-electron chi connectivity index (χ4n) is 9.23. The molecule has 0 saturated carbocycles. The first-order chi connectivity index (χ1) is 38.7. The van der Waals surface area contributed by atoms with Crippen molar-refractivity contribution in [2.45, 2.75) is 294 Å². The molecule has 1 rings (SSSR count). The van der Waals surface area contributed by atoms with E-state index in [1.54, 1.807) is 6.08 Å². The molecule has 1 aliphatic rings. The summed E-state index contributed by atoms with van der Waals surface area (Å²) < 4.78 is 17.6. The summed E-state index contributed by atoms with van der Waals surface area (Å²) in [6, 6.07) is -1.04. The van der Waals surface area contributed by atoms with E-state index in [1.165, 1.54) is 77.0 Å². The Hall–Kier alpha value is -3.68. The number of unbranched alkanes of at least 4 members (excludes halogenated alkanes) is 25. The molecular weight excluding hydrogens is 991 g/mol. The minimum Gasteiger partial charge on any atom is -0.454 e. The predicted molar refractivity (Wildman–Crippen MR) is 328 cm³/mol. The first-order valence-electron chi connectivity index (χ1n) is 31.7. The number of carbonyl (C=O) groups is 2. The fraction of sp³-hybridized carbons (Fsp3) is 0.706. The summed E-state index contributed by atoms with van der Waals surface area (Å²) in [4.78, 5) is 26.6. The maximum absolute atomic E-state index is 13.4. The summed E-state index contributed by atoms with van der Waals surface area (Å²) in [5, 5.41) is 57.0. The van der Waals surface area contributed by atoms with Crippen LogP contribution in [0.2, 0.25) is 0 Å². The van der Waals surface area contributed by atoms with Gasteiger partial charge in [-0.1, -0.05) is 259 Å². The number of nitrogens with one attached hydrogen (secondary N) is 1. The second-order valence-electron chi connectivity index (χ2n) is 21.5. The Kier molecular flexibility index (Phi) is 50.9. The fourth-order valence-corrected chi connectivity index (χ4v) is 9.23. The normalized spacial score (nSPS) is 19.6. The number of aliphatic hydroxyl groups excluding tert-OH is 5. The molecule has 1 amide bonds. The molecule has 1 heterocycles. The van der Waals surface area contributed by atoms with Crippen LogP contribution in [0.3, 0.4) is 0 Å². The zero-order valence-corrected chi connectivity index (χ0v) is 50.0. The second kappa shape index (κ2) is 54.9. The van der Waals surface area contributed by atoms with Crippen molar-refractivity contribution in [1.82, 2.24) is 5.32 Å². The standard InChI is InChI=1S/C68H115NO10/c1-4-7-10-13-16-19-22-25-27-28-29-30-31-32-33-35-37-40-43-46-49-52-55-61(72)67(76)69-59(60(71)54-51-48-45-42-39-36-24-21-18-15-12-9-6-3)58-77-68-66(65(75)64(74)62(57-70)78-68)79-63(73)56-53-50-47-44-41-38-34-26-23-20-17-14-11-8-5-2/h8,11,14,16-17,19-20,23,25-27,29-30,32-34,51,54,59-62,64-66,68,70-72,74-75H,4-7,9-10,12-13,15,18,21-22,24,28,31,35-50,52-53,55-58H2,1-3H3,(H,69,76)/b11-8+,17-14+,19-16-,23-20+,27-25-,30-29-,33-32-,34-26-,54-51+. The van der Waals surface area contributed by atoms with Gasteiger partial charge in [0.1, 0.15) is 24.4 Å². The average Bonchev–Trinajstić information content (AvgIpc) is 3.50. The highest BCUT2D eigenvalue weighted by Crippen LogP contribution is 2.26. The Morgan fingerprint density at radius 3 is 1.51 bits per heavy atom. The lowest BCUT2D eigenvalue weighted by Gasteiger charge is -2.41. The lowest BCUT2D eigenvalue weighted by molar-refractivity contribution is -0.305. The van der Waals surface area contributed by atoms with Crippen molar-refractivity contribution in [2.75, 3.05) is 13.2 Å². The summed E-state index contributed by atoms with van der Waals surface area (Å²) in [5.41, 5.74) is 0. The van der Waals surface area contributed by atoms with E-state index >= 15 is 0 Å². The minimum absolute atomic E-state index is 0.0904. The molecule has 8 atom stereocenters. The van der Waals surface area contributed by atoms with Gasteiger partial charge in [-0.2, -0.15) is 0 Å². The van der Waals surface area contributed by atoms with E-state index in [2.05, 4.69) is 86.8 Å². The molecule has 1 fully saturated rings. The van der Waals surface area contributed by atoms with Crippen molar-refractivity contribution in [3.63, 3.8) is 0 Å². The van der Waals surface area contributed by atoms with E-state index in [1.807, 2.05) is 42.5 Å². The van der Waals surface area contributed by atoms with Crippen molar-refractivity contribution < 1.29 is 49.3 Å². The van der Waals surface area contributed by atoms with Crippen LogP contribution >= 0.6 is 0 Å². The number of hydrogen-bond acceptors (Lipinski definition) is 10. The lowest BCUT2D eigenvalue weighted by atomic mass is 9.99. The van der Waals surface area contributed by atoms with Crippen LogP contribution in [0.4, 0.5) is 0 Å². The largest absolute Gasteiger partial charge is 0.454 e. The van der Waals surface area contributed by atoms with Gasteiger partial charge in [0, 0.05) is 6.42 Å². The Bertz CT molecular complexity index is 1700. The van der Waals surface area contributed by atoms with Gasteiger partial charge in [-0.25, -0.2) is 0 Å². The summed E-state index contributed by atoms with van der Waals surface area (Å²) in [5.74, 6) is -1.24. The van der Waals surface area contributed by atoms with Crippen molar-refractivity contribution >= 4 is 11.9 Å². The zero-order valence-electron chi connectivity index (χ0n) is 50.0. The van der Waals surface area contributed by atoms with Crippen LogP contribution in [0, 0.1) is 0 Å². The maximum atomic E-state index is 13.4. The molecular formula is C68H115NO10. The quantitative estimate of drug-likeness (QED) is 0.0149. The molecule has 0 bridgehead atoms. The van der Waals surface area contributed by atoms with Gasteiger partial charge in [0.05, 0.1) is 25.4 Å². The smallest absolute Gasteiger partial charge is 0.306 e. The maximum Gasteiger partial charge on any atom is 0.306 e. The van der Waals surface area contributed by atoms with Crippen molar-refractivity contribution in [1.29, 1.82) is 0 Å². The molecule has 11 heteroatoms. The van der Waals surface area contributed by atoms with E-state index in [4.69, 9.17) is 14.2 Å². The van der Waals surface area contributed by atoms with Crippen LogP contribution in [0.25, 0.3) is 0 Å². The summed E-state index contributed by atoms with van der Waals surface area (Å²) in [6.07, 6.45) is 64.0. The topological polar surface area (TPSA) is 175 Å². The molecule has 0 aromatic rings. The average molecular weight is 1110 g/mol. The molecule has 11 nitrogen and oxygen atoms in total. The molecule has 1 aliphatic heterocycles. The number of allylic oxidation sites excluding steroid dienone is 17. The highest BCUT2D eigenvalue weighted by atomic mass is 16.7. The Morgan fingerprint density at radius 2 is 0.962 bits per heavy atom. The molecule has 8 unspecified atom stereocenters. The molecule has 0 radical (unpaired) electrons. The first-order valence-corrected chi connectivity index (χ1v) is 31.7. The van der Waals surface area contributed by atoms with E-state index in [-0.39, 0.29) is 19.4 Å². The van der Waals surface area contributed by atoms with E-state index < -0.39 is 67.4 Å². The van der Waals surface area contributed by atoms with Crippen molar-refractivity contribution in [3.05, 3.63) is 109 Å². The molecule has 0 spiro atoms. The van der Waals surface area contributed by atoms with Crippen LogP contribution in [-0.2, 0) is 23.8 Å². The number of rotatable bonds is 52. The summed E-state index contributed by atoms with van der Waals surface area (Å²) in [6.45, 7) is 5.60. The van der Waals surface area contributed by atoms with Crippen LogP contribution < -0.4 is 5.32 Å². The first kappa shape index (κ1) is 73.3. The minimum atomic E-state index is -1.63. The van der Waals surface area contributed by atoms with Crippen molar-refractivity contribution in [2.24, 2.45) is 0 Å². The number of amides is 1. The number of aliphatic hydroxyl groups is 5. The van der Waals surface area contributed by atoms with Gasteiger partial charge < -0.3 is 45.1 Å². The Morgan fingerprint density at radius 1 is 0.519 bits per heavy atom. The van der Waals surface area contributed by atoms with E-state index in [0.717, 1.165) is 122 Å². The summed E-state index contributed by atoms with van der Waals surface area (Å²) in [7, 11) is 0. The van der Waals surface area contributed by atoms with Gasteiger partial charge in [-0.15, -0.1) is 0 Å². The summed E-state index contributed by atoms with van der Waals surface area (Å²) >= 11 is 0. The number of hydrogen-bond donors (Lipinski definition) is 6. The lowest BCUT2D eigenvalue weighted by Crippen LogP contribution is -2.61. The molecule has 452 valence electrons. The molecule has 79 heavy (non-hydrogen) atoms. The van der Waals surface area contributed by atoms with Gasteiger partial charge in [-0.3, -0.25) is 9.59 Å². The predicted octanol–water partition coefficient (Wildman–Crippen LogP) is 15.3. The third-order valence-corrected chi connectivity index (χ3v) is 14.3. The highest BCUT2D eigenvalue weighted by molar-refractivity contribution is 5.80.